The van der Waals surface area contributed by atoms with Gasteiger partial charge >= 0.3 is 0 Å². The summed E-state index contributed by atoms with van der Waals surface area (Å²) in [6, 6.07) is 11.1. The van der Waals surface area contributed by atoms with Crippen LogP contribution in [-0.2, 0) is 0 Å². The van der Waals surface area contributed by atoms with Crippen molar-refractivity contribution in [3.05, 3.63) is 65.0 Å². The summed E-state index contributed by atoms with van der Waals surface area (Å²) in [7, 11) is 0. The van der Waals surface area contributed by atoms with Gasteiger partial charge in [0.25, 0.3) is 0 Å². The maximum absolute atomic E-state index is 13.9. The molecule has 0 spiro atoms. The van der Waals surface area contributed by atoms with E-state index in [1.54, 1.807) is 23.6 Å². The Morgan fingerprint density at radius 1 is 1.05 bits per heavy atom. The predicted octanol–water partition coefficient (Wildman–Crippen LogP) is 5.14. The van der Waals surface area contributed by atoms with Crippen LogP contribution in [0.2, 0.25) is 0 Å². The minimum atomic E-state index is -0.290. The van der Waals surface area contributed by atoms with Crippen molar-refractivity contribution in [3.63, 3.8) is 0 Å². The van der Waals surface area contributed by atoms with Gasteiger partial charge in [-0.3, -0.25) is 0 Å². The van der Waals surface area contributed by atoms with E-state index in [-0.39, 0.29) is 11.6 Å². The molecule has 0 aliphatic heterocycles. The summed E-state index contributed by atoms with van der Waals surface area (Å²) in [6.07, 6.45) is 0. The Hall–Kier alpha value is -2.27. The van der Waals surface area contributed by atoms with E-state index in [0.29, 0.717) is 16.4 Å². The van der Waals surface area contributed by atoms with Gasteiger partial charge in [-0.2, -0.15) is 0 Å². The molecule has 0 radical (unpaired) electrons. The lowest BCUT2D eigenvalue weighted by Crippen LogP contribution is -1.90. The van der Waals surface area contributed by atoms with Crippen molar-refractivity contribution in [2.45, 2.75) is 6.92 Å². The lowest BCUT2D eigenvalue weighted by atomic mass is 10.1. The zero-order valence-electron chi connectivity index (χ0n) is 11.2. The molecule has 0 aliphatic carbocycles. The number of rotatable bonds is 3. The van der Waals surface area contributed by atoms with Crippen LogP contribution in [0.3, 0.4) is 0 Å². The second-order valence-electron chi connectivity index (χ2n) is 4.65. The molecule has 2 nitrogen and oxygen atoms in total. The zero-order valence-corrected chi connectivity index (χ0v) is 12.0. The Balaban J connectivity index is 1.84. The van der Waals surface area contributed by atoms with Crippen LogP contribution >= 0.6 is 11.3 Å². The van der Waals surface area contributed by atoms with E-state index in [4.69, 9.17) is 0 Å². The van der Waals surface area contributed by atoms with E-state index in [0.717, 1.165) is 11.3 Å². The average Bonchev–Trinajstić information content (AvgIpc) is 2.90. The van der Waals surface area contributed by atoms with Gasteiger partial charge in [0, 0.05) is 16.6 Å². The number of benzene rings is 2. The highest BCUT2D eigenvalue weighted by Crippen LogP contribution is 2.29. The third-order valence-corrected chi connectivity index (χ3v) is 3.76. The van der Waals surface area contributed by atoms with Crippen molar-refractivity contribution in [1.82, 2.24) is 4.98 Å². The summed E-state index contributed by atoms with van der Waals surface area (Å²) in [5.41, 5.74) is 2.67. The van der Waals surface area contributed by atoms with Crippen molar-refractivity contribution in [2.24, 2.45) is 0 Å². The van der Waals surface area contributed by atoms with E-state index in [2.05, 4.69) is 10.3 Å². The maximum Gasteiger partial charge on any atom is 0.187 e. The Kier molecular flexibility index (Phi) is 3.66. The first-order valence-electron chi connectivity index (χ1n) is 6.36. The molecular weight excluding hydrogens is 290 g/mol. The summed E-state index contributed by atoms with van der Waals surface area (Å²) in [4.78, 5) is 4.36. The highest BCUT2D eigenvalue weighted by Gasteiger charge is 2.09. The molecule has 0 unspecified atom stereocenters. The smallest absolute Gasteiger partial charge is 0.187 e. The SMILES string of the molecule is Cc1ccc(-c2csc(Nc3ccc(F)cc3)n2)c(F)c1. The molecular formula is C16H12F2N2S. The van der Waals surface area contributed by atoms with E-state index in [1.807, 2.05) is 13.0 Å². The minimum absolute atomic E-state index is 0.284. The highest BCUT2D eigenvalue weighted by molar-refractivity contribution is 7.14. The monoisotopic (exact) mass is 302 g/mol. The number of halogens is 2. The summed E-state index contributed by atoms with van der Waals surface area (Å²) >= 11 is 1.37. The van der Waals surface area contributed by atoms with Gasteiger partial charge in [-0.05, 0) is 48.9 Å². The van der Waals surface area contributed by atoms with Crippen LogP contribution < -0.4 is 5.32 Å². The average molecular weight is 302 g/mol. The molecule has 0 saturated carbocycles. The van der Waals surface area contributed by atoms with Gasteiger partial charge in [-0.15, -0.1) is 11.3 Å². The van der Waals surface area contributed by atoms with Gasteiger partial charge < -0.3 is 5.32 Å². The van der Waals surface area contributed by atoms with Crippen LogP contribution in [0, 0.1) is 18.6 Å². The van der Waals surface area contributed by atoms with Gasteiger partial charge in [-0.1, -0.05) is 6.07 Å². The van der Waals surface area contributed by atoms with Crippen LogP contribution in [0.1, 0.15) is 5.56 Å². The van der Waals surface area contributed by atoms with Crippen LogP contribution in [0.15, 0.2) is 47.8 Å². The number of aryl methyl sites for hydroxylation is 1. The molecule has 5 heteroatoms. The standard InChI is InChI=1S/C16H12F2N2S/c1-10-2-7-13(14(18)8-10)15-9-21-16(20-15)19-12-5-3-11(17)4-6-12/h2-9H,1H3,(H,19,20). The highest BCUT2D eigenvalue weighted by atomic mass is 32.1. The number of nitrogens with one attached hydrogen (secondary N) is 1. The molecule has 1 N–H and O–H groups in total. The fourth-order valence-corrected chi connectivity index (χ4v) is 2.67. The first-order valence-corrected chi connectivity index (χ1v) is 7.24. The van der Waals surface area contributed by atoms with E-state index < -0.39 is 0 Å². The third-order valence-electron chi connectivity index (χ3n) is 3.00. The fraction of sp³-hybridized carbons (Fsp3) is 0.0625. The molecule has 0 saturated heterocycles. The summed E-state index contributed by atoms with van der Waals surface area (Å²) in [5, 5.41) is 5.50. The Bertz CT molecular complexity index is 766. The topological polar surface area (TPSA) is 24.9 Å². The number of hydrogen-bond acceptors (Lipinski definition) is 3. The first-order chi connectivity index (χ1) is 10.1. The lowest BCUT2D eigenvalue weighted by molar-refractivity contribution is 0.628. The van der Waals surface area contributed by atoms with Gasteiger partial charge in [0.05, 0.1) is 5.69 Å². The fourth-order valence-electron chi connectivity index (χ4n) is 1.94. The number of nitrogens with zero attached hydrogens (tertiary/aromatic N) is 1. The van der Waals surface area contributed by atoms with Gasteiger partial charge in [0.1, 0.15) is 11.6 Å². The quantitative estimate of drug-likeness (QED) is 0.724. The van der Waals surface area contributed by atoms with Crippen molar-refractivity contribution in [2.75, 3.05) is 5.32 Å². The molecule has 0 atom stereocenters. The Labute approximate surface area is 125 Å². The normalized spacial score (nSPS) is 10.6. The Morgan fingerprint density at radius 2 is 1.81 bits per heavy atom. The van der Waals surface area contributed by atoms with E-state index in [9.17, 15) is 8.78 Å². The molecule has 1 heterocycles. The number of aromatic nitrogens is 1. The molecule has 3 aromatic rings. The van der Waals surface area contributed by atoms with Crippen molar-refractivity contribution in [3.8, 4) is 11.3 Å². The molecule has 1 aromatic heterocycles. The van der Waals surface area contributed by atoms with Crippen molar-refractivity contribution >= 4 is 22.2 Å². The van der Waals surface area contributed by atoms with Crippen LogP contribution in [-0.4, -0.2) is 4.98 Å². The van der Waals surface area contributed by atoms with Crippen molar-refractivity contribution in [1.29, 1.82) is 0 Å². The van der Waals surface area contributed by atoms with Gasteiger partial charge in [0.15, 0.2) is 5.13 Å². The molecule has 2 aromatic carbocycles. The summed E-state index contributed by atoms with van der Waals surface area (Å²) in [5.74, 6) is -0.573. The van der Waals surface area contributed by atoms with Crippen LogP contribution in [0.5, 0.6) is 0 Å². The minimum Gasteiger partial charge on any atom is -0.332 e. The number of hydrogen-bond donors (Lipinski definition) is 1. The largest absolute Gasteiger partial charge is 0.332 e. The molecule has 21 heavy (non-hydrogen) atoms. The third kappa shape index (κ3) is 3.08. The second-order valence-corrected chi connectivity index (χ2v) is 5.51. The molecule has 0 fully saturated rings. The van der Waals surface area contributed by atoms with E-state index in [1.165, 1.54) is 29.5 Å². The zero-order chi connectivity index (χ0) is 14.8. The molecule has 106 valence electrons. The second kappa shape index (κ2) is 5.61. The van der Waals surface area contributed by atoms with Gasteiger partial charge in [0.2, 0.25) is 0 Å². The lowest BCUT2D eigenvalue weighted by Gasteiger charge is -2.02. The predicted molar refractivity (Wildman–Crippen MR) is 81.9 cm³/mol. The van der Waals surface area contributed by atoms with Crippen LogP contribution in [0.25, 0.3) is 11.3 Å². The van der Waals surface area contributed by atoms with Crippen LogP contribution in [0.4, 0.5) is 19.6 Å². The number of anilines is 2. The summed E-state index contributed by atoms with van der Waals surface area (Å²) in [6.45, 7) is 1.84. The molecule has 0 aliphatic rings. The first kappa shape index (κ1) is 13.7. The van der Waals surface area contributed by atoms with Gasteiger partial charge in [-0.25, -0.2) is 13.8 Å². The van der Waals surface area contributed by atoms with Crippen molar-refractivity contribution < 1.29 is 8.78 Å². The van der Waals surface area contributed by atoms with E-state index >= 15 is 0 Å². The molecule has 0 bridgehead atoms. The number of thiazole rings is 1. The summed E-state index contributed by atoms with van der Waals surface area (Å²) < 4.78 is 26.8. The maximum atomic E-state index is 13.9. The Morgan fingerprint density at radius 3 is 2.52 bits per heavy atom. The molecule has 3 rings (SSSR count). The molecule has 0 amide bonds.